The van der Waals surface area contributed by atoms with Crippen molar-refractivity contribution in [2.24, 2.45) is 0 Å². The van der Waals surface area contributed by atoms with Gasteiger partial charge in [0.1, 0.15) is 0 Å². The quantitative estimate of drug-likeness (QED) is 0.336. The topological polar surface area (TPSA) is 118 Å². The van der Waals surface area contributed by atoms with Crippen LogP contribution in [0.4, 0.5) is 0 Å². The van der Waals surface area contributed by atoms with Crippen LogP contribution in [-0.4, -0.2) is 40.0 Å². The third-order valence-corrected chi connectivity index (χ3v) is 1.21. The molecule has 14 heavy (non-hydrogen) atoms. The van der Waals surface area contributed by atoms with Gasteiger partial charge in [-0.15, -0.1) is 0 Å². The van der Waals surface area contributed by atoms with Crippen LogP contribution in [0.15, 0.2) is 0 Å². The molecule has 78 valence electrons. The smallest absolute Gasteiger partial charge is 0.376 e. The van der Waals surface area contributed by atoms with E-state index in [1.807, 2.05) is 0 Å². The van der Waals surface area contributed by atoms with Gasteiger partial charge in [-0.1, -0.05) is 6.92 Å². The molecule has 7 nitrogen and oxygen atoms in total. The van der Waals surface area contributed by atoms with Gasteiger partial charge >= 0.3 is 17.9 Å². The van der Waals surface area contributed by atoms with Gasteiger partial charge in [-0.3, -0.25) is 9.59 Å². The van der Waals surface area contributed by atoms with Crippen LogP contribution >= 0.6 is 0 Å². The van der Waals surface area contributed by atoms with Crippen molar-refractivity contribution in [3.63, 3.8) is 0 Å². The number of carbonyl (C=O) groups excluding carboxylic acids is 2. The number of carboxylic acid groups (broad SMARTS) is 2. The highest BCUT2D eigenvalue weighted by Gasteiger charge is 2.34. The van der Waals surface area contributed by atoms with E-state index in [2.05, 4.69) is 4.74 Å². The lowest BCUT2D eigenvalue weighted by Crippen LogP contribution is -2.39. The molecule has 0 spiro atoms. The van der Waals surface area contributed by atoms with Crippen LogP contribution in [0, 0.1) is 0 Å². The molecule has 0 saturated carbocycles. The molecular formula is C7H8O7. The van der Waals surface area contributed by atoms with Crippen molar-refractivity contribution in [1.29, 1.82) is 0 Å². The Balaban J connectivity index is 4.61. The summed E-state index contributed by atoms with van der Waals surface area (Å²) < 4.78 is 4.12. The summed E-state index contributed by atoms with van der Waals surface area (Å²) in [5.74, 6) is -6.40. The van der Waals surface area contributed by atoms with Crippen molar-refractivity contribution in [1.82, 2.24) is 0 Å². The number of carbonyl (C=O) groups is 4. The first-order valence-corrected chi connectivity index (χ1v) is 3.59. The lowest BCUT2D eigenvalue weighted by Gasteiger charge is -2.08. The number of Topliss-reactive ketones (excluding diaryl/α,β-unsaturated/α-hetero) is 1. The Labute approximate surface area is 78.3 Å². The predicted molar refractivity (Wildman–Crippen MR) is 40.4 cm³/mol. The summed E-state index contributed by atoms with van der Waals surface area (Å²) in [5, 5.41) is 16.6. The molecule has 0 rings (SSSR count). The van der Waals surface area contributed by atoms with Crippen LogP contribution in [0.25, 0.3) is 0 Å². The van der Waals surface area contributed by atoms with Crippen LogP contribution in [0.1, 0.15) is 13.3 Å². The van der Waals surface area contributed by atoms with E-state index >= 15 is 0 Å². The van der Waals surface area contributed by atoms with Gasteiger partial charge in [0.05, 0.1) is 0 Å². The third-order valence-electron chi connectivity index (χ3n) is 1.21. The molecule has 2 N–H and O–H groups in total. The summed E-state index contributed by atoms with van der Waals surface area (Å²) in [5.41, 5.74) is 0. The molecule has 0 radical (unpaired) electrons. The molecule has 0 aromatic rings. The first-order chi connectivity index (χ1) is 6.40. The molecule has 1 atom stereocenters. The van der Waals surface area contributed by atoms with Crippen LogP contribution in [0.3, 0.4) is 0 Å². The number of rotatable bonds is 5. The van der Waals surface area contributed by atoms with E-state index in [-0.39, 0.29) is 6.42 Å². The monoisotopic (exact) mass is 204 g/mol. The summed E-state index contributed by atoms with van der Waals surface area (Å²) >= 11 is 0. The summed E-state index contributed by atoms with van der Waals surface area (Å²) in [6.45, 7) is 1.38. The summed E-state index contributed by atoms with van der Waals surface area (Å²) in [6.07, 6.45) is -2.41. The average Bonchev–Trinajstić information content (AvgIpc) is 2.11. The SMILES string of the molecule is CCC(=O)OC(C(=O)O)C(=O)C(=O)O. The Morgan fingerprint density at radius 3 is 2.00 bits per heavy atom. The fourth-order valence-electron chi connectivity index (χ4n) is 0.543. The summed E-state index contributed by atoms with van der Waals surface area (Å²) in [6, 6.07) is 0. The zero-order valence-corrected chi connectivity index (χ0v) is 7.22. The van der Waals surface area contributed by atoms with Crippen molar-refractivity contribution in [2.75, 3.05) is 0 Å². The Hall–Kier alpha value is -1.92. The van der Waals surface area contributed by atoms with Gasteiger partial charge < -0.3 is 14.9 Å². The minimum absolute atomic E-state index is 0.142. The van der Waals surface area contributed by atoms with Crippen molar-refractivity contribution < 1.29 is 34.1 Å². The Bertz CT molecular complexity index is 280. The molecule has 0 bridgehead atoms. The van der Waals surface area contributed by atoms with E-state index in [9.17, 15) is 19.2 Å². The largest absolute Gasteiger partial charge is 0.478 e. The van der Waals surface area contributed by atoms with Crippen LogP contribution in [0.5, 0.6) is 0 Å². The maximum atomic E-state index is 10.7. The van der Waals surface area contributed by atoms with Crippen molar-refractivity contribution >= 4 is 23.7 Å². The fourth-order valence-corrected chi connectivity index (χ4v) is 0.543. The van der Waals surface area contributed by atoms with Gasteiger partial charge in [-0.25, -0.2) is 9.59 Å². The Morgan fingerprint density at radius 2 is 1.71 bits per heavy atom. The molecule has 0 aliphatic carbocycles. The highest BCUT2D eigenvalue weighted by Crippen LogP contribution is 1.98. The fraction of sp³-hybridized carbons (Fsp3) is 0.429. The molecular weight excluding hydrogens is 196 g/mol. The molecule has 0 fully saturated rings. The van der Waals surface area contributed by atoms with Gasteiger partial charge in [-0.2, -0.15) is 0 Å². The molecule has 0 aromatic heterocycles. The molecule has 0 saturated heterocycles. The second-order valence-electron chi connectivity index (χ2n) is 2.23. The minimum atomic E-state index is -2.26. The minimum Gasteiger partial charge on any atom is -0.478 e. The van der Waals surface area contributed by atoms with Crippen LogP contribution in [-0.2, 0) is 23.9 Å². The summed E-state index contributed by atoms with van der Waals surface area (Å²) in [4.78, 5) is 41.7. The lowest BCUT2D eigenvalue weighted by molar-refractivity contribution is -0.171. The number of hydrogen-bond acceptors (Lipinski definition) is 5. The number of hydrogen-bond donors (Lipinski definition) is 2. The summed E-state index contributed by atoms with van der Waals surface area (Å²) in [7, 11) is 0. The zero-order chi connectivity index (χ0) is 11.3. The number of ketones is 1. The molecule has 0 amide bonds. The molecule has 0 aliphatic rings. The number of esters is 1. The van der Waals surface area contributed by atoms with Crippen LogP contribution < -0.4 is 0 Å². The average molecular weight is 204 g/mol. The maximum absolute atomic E-state index is 10.7. The van der Waals surface area contributed by atoms with Gasteiger partial charge in [-0.05, 0) is 0 Å². The van der Waals surface area contributed by atoms with E-state index in [0.29, 0.717) is 0 Å². The van der Waals surface area contributed by atoms with E-state index in [1.54, 1.807) is 0 Å². The molecule has 0 aromatic carbocycles. The Morgan fingerprint density at radius 1 is 1.21 bits per heavy atom. The van der Waals surface area contributed by atoms with E-state index in [4.69, 9.17) is 10.2 Å². The van der Waals surface area contributed by atoms with E-state index < -0.39 is 29.8 Å². The predicted octanol–water partition coefficient (Wildman–Crippen LogP) is -0.954. The lowest BCUT2D eigenvalue weighted by atomic mass is 10.2. The van der Waals surface area contributed by atoms with Crippen molar-refractivity contribution in [3.8, 4) is 0 Å². The second kappa shape index (κ2) is 4.95. The van der Waals surface area contributed by atoms with Crippen molar-refractivity contribution in [2.45, 2.75) is 19.4 Å². The van der Waals surface area contributed by atoms with Crippen LogP contribution in [0.2, 0.25) is 0 Å². The standard InChI is InChI=1S/C7H8O7/c1-2-3(8)14-5(7(12)13)4(9)6(10)11/h5H,2H2,1H3,(H,10,11)(H,12,13). The zero-order valence-electron chi connectivity index (χ0n) is 7.22. The molecule has 1 unspecified atom stereocenters. The van der Waals surface area contributed by atoms with Gasteiger partial charge in [0.25, 0.3) is 11.9 Å². The Kier molecular flexibility index (Phi) is 4.27. The van der Waals surface area contributed by atoms with Crippen molar-refractivity contribution in [3.05, 3.63) is 0 Å². The maximum Gasteiger partial charge on any atom is 0.376 e. The van der Waals surface area contributed by atoms with Gasteiger partial charge in [0.2, 0.25) is 0 Å². The first kappa shape index (κ1) is 12.1. The molecule has 0 heterocycles. The number of carboxylic acids is 2. The van der Waals surface area contributed by atoms with E-state index in [1.165, 1.54) is 6.92 Å². The normalized spacial score (nSPS) is 11.5. The van der Waals surface area contributed by atoms with E-state index in [0.717, 1.165) is 0 Å². The highest BCUT2D eigenvalue weighted by molar-refractivity contribution is 6.38. The highest BCUT2D eigenvalue weighted by atomic mass is 16.6. The third kappa shape index (κ3) is 3.21. The number of ether oxygens (including phenoxy) is 1. The molecule has 7 heteroatoms. The molecule has 0 aliphatic heterocycles. The number of aliphatic carboxylic acids is 2. The van der Waals surface area contributed by atoms with Gasteiger partial charge in [0.15, 0.2) is 0 Å². The first-order valence-electron chi connectivity index (χ1n) is 3.59. The second-order valence-corrected chi connectivity index (χ2v) is 2.23. The van der Waals surface area contributed by atoms with Gasteiger partial charge in [0, 0.05) is 6.42 Å².